The quantitative estimate of drug-likeness (QED) is 0.285. The van der Waals surface area contributed by atoms with Crippen molar-refractivity contribution in [2.24, 2.45) is 0 Å². The molecule has 0 unspecified atom stereocenters. The number of amides is 2. The maximum absolute atomic E-state index is 13.0. The van der Waals surface area contributed by atoms with Crippen LogP contribution in [0.3, 0.4) is 0 Å². The molecule has 1 aliphatic rings. The number of ether oxygens (including phenoxy) is 2. The van der Waals surface area contributed by atoms with Crippen molar-refractivity contribution in [2.45, 2.75) is 31.7 Å². The Morgan fingerprint density at radius 3 is 2.41 bits per heavy atom. The average molecular weight is 561 g/mol. The van der Waals surface area contributed by atoms with Gasteiger partial charge in [-0.05, 0) is 70.2 Å². The van der Waals surface area contributed by atoms with Gasteiger partial charge < -0.3 is 9.47 Å². The lowest BCUT2D eigenvalue weighted by atomic mass is 10.1. The predicted molar refractivity (Wildman–Crippen MR) is 139 cm³/mol. The molecule has 4 rings (SSSR count). The summed E-state index contributed by atoms with van der Waals surface area (Å²) in [5.41, 5.74) is 2.79. The molecule has 0 bridgehead atoms. The molecular weight excluding hydrogens is 538 g/mol. The van der Waals surface area contributed by atoms with Gasteiger partial charge in [-0.15, -0.1) is 0 Å². The number of rotatable bonds is 9. The van der Waals surface area contributed by atoms with Gasteiger partial charge in [0.2, 0.25) is 5.91 Å². The molecule has 8 heteroatoms. The minimum absolute atomic E-state index is 0.191. The van der Waals surface area contributed by atoms with Crippen molar-refractivity contribution in [3.8, 4) is 11.5 Å². The normalized spacial score (nSPS) is 15.6. The molecule has 0 N–H and O–H groups in total. The van der Waals surface area contributed by atoms with Gasteiger partial charge in [-0.2, -0.15) is 0 Å². The summed E-state index contributed by atoms with van der Waals surface area (Å²) < 4.78 is 12.6. The van der Waals surface area contributed by atoms with Gasteiger partial charge in [0.15, 0.2) is 11.5 Å². The highest BCUT2D eigenvalue weighted by Crippen LogP contribution is 2.39. The number of hydrogen-bond acceptors (Lipinski definition) is 5. The summed E-state index contributed by atoms with van der Waals surface area (Å²) in [7, 11) is 0. The zero-order chi connectivity index (χ0) is 24.1. The average Bonchev–Trinajstić information content (AvgIpc) is 3.08. The molecule has 1 fully saturated rings. The molecule has 2 amide bonds. The Hall–Kier alpha value is -2.48. The van der Waals surface area contributed by atoms with Crippen LogP contribution in [0.1, 0.15) is 23.6 Å². The van der Waals surface area contributed by atoms with Crippen LogP contribution in [0.25, 0.3) is 0 Å². The second kappa shape index (κ2) is 11.3. The second-order valence-corrected chi connectivity index (χ2v) is 10.2. The first kappa shape index (κ1) is 24.6. The fourth-order valence-electron chi connectivity index (χ4n) is 3.63. The molecule has 1 saturated heterocycles. The van der Waals surface area contributed by atoms with Gasteiger partial charge >= 0.3 is 0 Å². The van der Waals surface area contributed by atoms with Crippen LogP contribution in [-0.2, 0) is 24.4 Å². The van der Waals surface area contributed by atoms with Crippen molar-refractivity contribution in [1.29, 1.82) is 0 Å². The monoisotopic (exact) mass is 559 g/mol. The largest absolute Gasteiger partial charge is 0.490 e. The molecule has 5 nitrogen and oxygen atoms in total. The smallest absolute Gasteiger partial charge is 0.289 e. The van der Waals surface area contributed by atoms with E-state index in [0.29, 0.717) is 36.2 Å². The minimum Gasteiger partial charge on any atom is -0.490 e. The van der Waals surface area contributed by atoms with Crippen LogP contribution in [0.15, 0.2) is 71.2 Å². The van der Waals surface area contributed by atoms with Gasteiger partial charge in [0.25, 0.3) is 5.24 Å². The SMILES string of the molecule is CCOc1cc(C[C@@H]2SC(=O)N(Cc3ccc(Cl)cc3)C2=O)cc(Br)c1OCc1ccccc1. The Bertz CT molecular complexity index is 1170. The van der Waals surface area contributed by atoms with E-state index in [4.69, 9.17) is 21.1 Å². The topological polar surface area (TPSA) is 55.8 Å². The molecule has 0 saturated carbocycles. The molecule has 3 aromatic carbocycles. The van der Waals surface area contributed by atoms with Crippen molar-refractivity contribution in [1.82, 2.24) is 4.90 Å². The zero-order valence-electron chi connectivity index (χ0n) is 18.5. The fraction of sp³-hybridized carbons (Fsp3) is 0.231. The van der Waals surface area contributed by atoms with Crippen LogP contribution in [0.5, 0.6) is 11.5 Å². The van der Waals surface area contributed by atoms with Gasteiger partial charge in [0.1, 0.15) is 6.61 Å². The molecule has 0 spiro atoms. The number of imide groups is 1. The van der Waals surface area contributed by atoms with Crippen molar-refractivity contribution in [2.75, 3.05) is 6.61 Å². The number of halogens is 2. The first-order valence-electron chi connectivity index (χ1n) is 10.8. The molecular formula is C26H23BrClNO4S. The summed E-state index contributed by atoms with van der Waals surface area (Å²) in [6.07, 6.45) is 0.407. The lowest BCUT2D eigenvalue weighted by Gasteiger charge is -2.17. The van der Waals surface area contributed by atoms with E-state index in [1.165, 1.54) is 4.90 Å². The van der Waals surface area contributed by atoms with Gasteiger partial charge in [0, 0.05) is 5.02 Å². The second-order valence-electron chi connectivity index (χ2n) is 7.74. The maximum atomic E-state index is 13.0. The van der Waals surface area contributed by atoms with Crippen molar-refractivity contribution in [3.05, 3.63) is 92.9 Å². The van der Waals surface area contributed by atoms with Gasteiger partial charge in [0.05, 0.1) is 22.9 Å². The fourth-order valence-corrected chi connectivity index (χ4v) is 5.39. The molecule has 1 atom stereocenters. The third-order valence-electron chi connectivity index (χ3n) is 5.28. The van der Waals surface area contributed by atoms with E-state index in [1.807, 2.05) is 61.5 Å². The van der Waals surface area contributed by atoms with E-state index in [2.05, 4.69) is 15.9 Å². The summed E-state index contributed by atoms with van der Waals surface area (Å²) in [5, 5.41) is -0.115. The van der Waals surface area contributed by atoms with E-state index < -0.39 is 5.25 Å². The van der Waals surface area contributed by atoms with Crippen LogP contribution in [0.4, 0.5) is 4.79 Å². The number of carbonyl (C=O) groups excluding carboxylic acids is 2. The molecule has 1 heterocycles. The Kier molecular flexibility index (Phi) is 8.19. The Balaban J connectivity index is 1.47. The predicted octanol–water partition coefficient (Wildman–Crippen LogP) is 6.89. The van der Waals surface area contributed by atoms with Crippen molar-refractivity contribution >= 4 is 50.4 Å². The molecule has 0 radical (unpaired) electrons. The molecule has 3 aromatic rings. The van der Waals surface area contributed by atoms with Gasteiger partial charge in [-0.3, -0.25) is 14.5 Å². The molecule has 1 aliphatic heterocycles. The highest BCUT2D eigenvalue weighted by Gasteiger charge is 2.39. The zero-order valence-corrected chi connectivity index (χ0v) is 21.7. The number of nitrogens with zero attached hydrogens (tertiary/aromatic N) is 1. The number of thioether (sulfide) groups is 1. The van der Waals surface area contributed by atoms with Crippen LogP contribution < -0.4 is 9.47 Å². The highest BCUT2D eigenvalue weighted by molar-refractivity contribution is 9.10. The first-order chi connectivity index (χ1) is 16.4. The number of hydrogen-bond donors (Lipinski definition) is 0. The van der Waals surface area contributed by atoms with Crippen LogP contribution in [0.2, 0.25) is 5.02 Å². The summed E-state index contributed by atoms with van der Waals surface area (Å²) in [6.45, 7) is 3.02. The lowest BCUT2D eigenvalue weighted by molar-refractivity contribution is -0.127. The third kappa shape index (κ3) is 5.95. The Morgan fingerprint density at radius 2 is 1.71 bits per heavy atom. The summed E-state index contributed by atoms with van der Waals surface area (Å²) >= 11 is 10.6. The molecule has 0 aromatic heterocycles. The summed E-state index contributed by atoms with van der Waals surface area (Å²) in [5.74, 6) is 1.02. The maximum Gasteiger partial charge on any atom is 0.289 e. The Labute approximate surface area is 216 Å². The minimum atomic E-state index is -0.489. The van der Waals surface area contributed by atoms with Crippen molar-refractivity contribution in [3.63, 3.8) is 0 Å². The number of carbonyl (C=O) groups is 2. The standard InChI is InChI=1S/C26H23BrClNO4S/c1-2-32-22-13-19(12-21(27)24(22)33-16-18-6-4-3-5-7-18)14-23-25(30)29(26(31)34-23)15-17-8-10-20(28)11-9-17/h3-13,23H,2,14-16H2,1H3/t23-/m0/s1. The number of benzene rings is 3. The van der Waals surface area contributed by atoms with Gasteiger partial charge in [-0.25, -0.2) is 0 Å². The van der Waals surface area contributed by atoms with E-state index in [9.17, 15) is 9.59 Å². The highest BCUT2D eigenvalue weighted by atomic mass is 79.9. The first-order valence-corrected chi connectivity index (χ1v) is 12.9. The molecule has 34 heavy (non-hydrogen) atoms. The van der Waals surface area contributed by atoms with E-state index in [0.717, 1.165) is 32.9 Å². The van der Waals surface area contributed by atoms with Crippen LogP contribution in [0, 0.1) is 0 Å². The van der Waals surface area contributed by atoms with Crippen LogP contribution in [-0.4, -0.2) is 27.9 Å². The van der Waals surface area contributed by atoms with Crippen molar-refractivity contribution < 1.29 is 19.1 Å². The molecule has 0 aliphatic carbocycles. The summed E-state index contributed by atoms with van der Waals surface area (Å²) in [6, 6.07) is 20.8. The van der Waals surface area contributed by atoms with Gasteiger partial charge in [-0.1, -0.05) is 65.8 Å². The van der Waals surface area contributed by atoms with E-state index in [-0.39, 0.29) is 17.7 Å². The third-order valence-corrected chi connectivity index (χ3v) is 7.19. The molecule has 176 valence electrons. The lowest BCUT2D eigenvalue weighted by Crippen LogP contribution is -2.31. The summed E-state index contributed by atoms with van der Waals surface area (Å²) in [4.78, 5) is 26.9. The van der Waals surface area contributed by atoms with E-state index in [1.54, 1.807) is 12.1 Å². The van der Waals surface area contributed by atoms with E-state index >= 15 is 0 Å². The van der Waals surface area contributed by atoms with Crippen LogP contribution >= 0.6 is 39.3 Å². The Morgan fingerprint density at radius 1 is 0.971 bits per heavy atom.